The number of amides is 1. The molecule has 2 heterocycles. The Kier molecular flexibility index (Phi) is 6.22. The first-order valence-corrected chi connectivity index (χ1v) is 13.6. The zero-order chi connectivity index (χ0) is 25.6. The molecule has 9 heteroatoms. The van der Waals surface area contributed by atoms with Gasteiger partial charge in [0, 0.05) is 47.0 Å². The number of hydrogen-bond acceptors (Lipinski definition) is 5. The molecule has 0 spiro atoms. The third kappa shape index (κ3) is 4.33. The van der Waals surface area contributed by atoms with Crippen molar-refractivity contribution in [2.45, 2.75) is 17.9 Å². The van der Waals surface area contributed by atoms with Gasteiger partial charge in [-0.3, -0.25) is 9.79 Å². The average Bonchev–Trinajstić information content (AvgIpc) is 3.24. The molecule has 0 saturated heterocycles. The lowest BCUT2D eigenvalue weighted by atomic mass is 10.0. The van der Waals surface area contributed by atoms with Crippen molar-refractivity contribution < 1.29 is 13.2 Å². The van der Waals surface area contributed by atoms with Crippen molar-refractivity contribution in [1.82, 2.24) is 9.29 Å². The largest absolute Gasteiger partial charge is 0.378 e. The number of nitrogens with one attached hydrogen (secondary N) is 1. The topological polar surface area (TPSA) is 83.8 Å². The van der Waals surface area contributed by atoms with Gasteiger partial charge in [0.2, 0.25) is 0 Å². The molecule has 184 valence electrons. The van der Waals surface area contributed by atoms with Crippen molar-refractivity contribution in [2.75, 3.05) is 25.5 Å². The van der Waals surface area contributed by atoms with Crippen molar-refractivity contribution in [1.29, 1.82) is 0 Å². The van der Waals surface area contributed by atoms with E-state index in [4.69, 9.17) is 0 Å². The predicted octanol–water partition coefficient (Wildman–Crippen LogP) is 4.68. The van der Waals surface area contributed by atoms with E-state index in [0.717, 1.165) is 26.7 Å². The van der Waals surface area contributed by atoms with Crippen molar-refractivity contribution in [2.24, 2.45) is 4.99 Å². The minimum Gasteiger partial charge on any atom is -0.378 e. The van der Waals surface area contributed by atoms with Crippen molar-refractivity contribution in [3.63, 3.8) is 0 Å². The quantitative estimate of drug-likeness (QED) is 0.381. The summed E-state index contributed by atoms with van der Waals surface area (Å²) in [7, 11) is 0.0616. The Bertz CT molecular complexity index is 1610. The van der Waals surface area contributed by atoms with Gasteiger partial charge in [-0.25, -0.2) is 12.4 Å². The molecule has 1 N–H and O–H groups in total. The maximum atomic E-state index is 13.6. The third-order valence-electron chi connectivity index (χ3n) is 6.33. The fraction of sp³-hybridized carbons (Fsp3) is 0.185. The maximum Gasteiger partial charge on any atom is 0.270 e. The first-order chi connectivity index (χ1) is 17.1. The summed E-state index contributed by atoms with van der Waals surface area (Å²) in [6.45, 7) is 2.21. The normalized spacial score (nSPS) is 16.1. The average molecular weight is 565 g/mol. The number of aromatic nitrogens is 1. The highest BCUT2D eigenvalue weighted by Crippen LogP contribution is 2.33. The van der Waals surface area contributed by atoms with E-state index in [1.807, 2.05) is 62.3 Å². The van der Waals surface area contributed by atoms with Crippen LogP contribution in [0.1, 0.15) is 22.7 Å². The molecule has 0 radical (unpaired) electrons. The van der Waals surface area contributed by atoms with E-state index >= 15 is 0 Å². The van der Waals surface area contributed by atoms with Gasteiger partial charge >= 0.3 is 0 Å². The summed E-state index contributed by atoms with van der Waals surface area (Å²) in [5.74, 6) is -0.289. The number of benzene rings is 3. The Morgan fingerprint density at radius 2 is 1.72 bits per heavy atom. The summed E-state index contributed by atoms with van der Waals surface area (Å²) in [6.07, 6.45) is 1.60. The molecule has 7 nitrogen and oxygen atoms in total. The highest BCUT2D eigenvalue weighted by atomic mass is 79.9. The second-order valence-electron chi connectivity index (χ2n) is 9.02. The van der Waals surface area contributed by atoms with E-state index in [-0.39, 0.29) is 10.8 Å². The third-order valence-corrected chi connectivity index (χ3v) is 8.51. The number of aryl methyl sites for hydroxylation is 1. The molecular formula is C27H25BrN4O3S. The molecule has 1 aromatic heterocycles. The van der Waals surface area contributed by atoms with Crippen molar-refractivity contribution >= 4 is 54.2 Å². The number of halogens is 1. The van der Waals surface area contributed by atoms with Gasteiger partial charge in [0.25, 0.3) is 15.9 Å². The summed E-state index contributed by atoms with van der Waals surface area (Å²) in [5.41, 5.74) is 4.35. The number of hydrogen-bond donors (Lipinski definition) is 1. The maximum absolute atomic E-state index is 13.6. The summed E-state index contributed by atoms with van der Waals surface area (Å²) in [5, 5.41) is 3.78. The zero-order valence-electron chi connectivity index (χ0n) is 20.1. The van der Waals surface area contributed by atoms with E-state index in [0.29, 0.717) is 23.3 Å². The second-order valence-corrected chi connectivity index (χ2v) is 11.7. The SMILES string of the molecule is Cc1ccc(S(=O)(=O)n2cc(C3CN=C(c4ccc(N(C)C)cc4)C(=O)N3)c3ccc(Br)cc32)cc1. The fourth-order valence-corrected chi connectivity index (χ4v) is 6.06. The predicted molar refractivity (Wildman–Crippen MR) is 146 cm³/mol. The van der Waals surface area contributed by atoms with E-state index in [1.165, 1.54) is 3.97 Å². The van der Waals surface area contributed by atoms with Crippen LogP contribution in [0.15, 0.2) is 87.3 Å². The standard InChI is InChI=1S/C27H25BrN4O3S/c1-17-4-11-21(12-5-17)36(34,35)32-16-23(22-13-8-19(28)14-25(22)32)24-15-29-26(27(33)30-24)18-6-9-20(10-7-18)31(2)3/h4-14,16,24H,15H2,1-3H3,(H,30,33). The van der Waals surface area contributed by atoms with E-state index in [1.54, 1.807) is 36.5 Å². The first kappa shape index (κ1) is 24.3. The highest BCUT2D eigenvalue weighted by Gasteiger charge is 2.29. The van der Waals surface area contributed by atoms with Crippen LogP contribution in [0.2, 0.25) is 0 Å². The Morgan fingerprint density at radius 3 is 2.36 bits per heavy atom. The molecule has 1 atom stereocenters. The molecule has 5 rings (SSSR count). The van der Waals surface area contributed by atoms with Crippen LogP contribution in [-0.4, -0.2) is 44.6 Å². The number of anilines is 1. The minimum absolute atomic E-state index is 0.200. The molecule has 36 heavy (non-hydrogen) atoms. The van der Waals surface area contributed by atoms with Gasteiger partial charge < -0.3 is 10.2 Å². The summed E-state index contributed by atoms with van der Waals surface area (Å²) >= 11 is 3.46. The van der Waals surface area contributed by atoms with Crippen LogP contribution in [0, 0.1) is 6.92 Å². The molecule has 3 aromatic carbocycles. The fourth-order valence-electron chi connectivity index (χ4n) is 4.34. The highest BCUT2D eigenvalue weighted by molar-refractivity contribution is 9.10. The Hall–Kier alpha value is -3.43. The molecule has 0 bridgehead atoms. The van der Waals surface area contributed by atoms with Gasteiger partial charge in [0.05, 0.1) is 23.0 Å². The van der Waals surface area contributed by atoms with Crippen molar-refractivity contribution in [3.05, 3.63) is 94.1 Å². The van der Waals surface area contributed by atoms with Crippen LogP contribution in [0.4, 0.5) is 5.69 Å². The number of fused-ring (bicyclic) bond motifs is 1. The van der Waals surface area contributed by atoms with E-state index < -0.39 is 16.1 Å². The lowest BCUT2D eigenvalue weighted by Gasteiger charge is -2.23. The summed E-state index contributed by atoms with van der Waals surface area (Å²) in [4.78, 5) is 19.8. The Morgan fingerprint density at radius 1 is 1.03 bits per heavy atom. The van der Waals surface area contributed by atoms with Crippen LogP contribution in [-0.2, 0) is 14.8 Å². The summed E-state index contributed by atoms with van der Waals surface area (Å²) < 4.78 is 29.2. The van der Waals surface area contributed by atoms with Gasteiger partial charge in [-0.05, 0) is 43.3 Å². The first-order valence-electron chi connectivity index (χ1n) is 11.4. The number of carbonyl (C=O) groups excluding carboxylic acids is 1. The Balaban J connectivity index is 1.54. The second kappa shape index (κ2) is 9.22. The molecule has 1 aliphatic rings. The molecule has 1 amide bonds. The van der Waals surface area contributed by atoms with E-state index in [2.05, 4.69) is 26.2 Å². The van der Waals surface area contributed by atoms with Gasteiger partial charge in [0.1, 0.15) is 5.71 Å². The van der Waals surface area contributed by atoms with Gasteiger partial charge in [-0.15, -0.1) is 0 Å². The number of rotatable bonds is 5. The minimum atomic E-state index is -3.85. The monoisotopic (exact) mass is 564 g/mol. The van der Waals surface area contributed by atoms with Crippen LogP contribution < -0.4 is 10.2 Å². The zero-order valence-corrected chi connectivity index (χ0v) is 22.5. The van der Waals surface area contributed by atoms with Gasteiger partial charge in [-0.2, -0.15) is 0 Å². The van der Waals surface area contributed by atoms with Crippen molar-refractivity contribution in [3.8, 4) is 0 Å². The number of nitrogens with zero attached hydrogens (tertiary/aromatic N) is 3. The van der Waals surface area contributed by atoms with Gasteiger partial charge in [-0.1, -0.05) is 51.8 Å². The lowest BCUT2D eigenvalue weighted by molar-refractivity contribution is -0.115. The molecule has 0 fully saturated rings. The lowest BCUT2D eigenvalue weighted by Crippen LogP contribution is -2.40. The van der Waals surface area contributed by atoms with Crippen LogP contribution in [0.3, 0.4) is 0 Å². The smallest absolute Gasteiger partial charge is 0.270 e. The molecular weight excluding hydrogens is 540 g/mol. The molecule has 0 aliphatic carbocycles. The van der Waals surface area contributed by atoms with Gasteiger partial charge in [0.15, 0.2) is 0 Å². The number of carbonyl (C=O) groups is 1. The number of aliphatic imine (C=N–C) groups is 1. The Labute approximate surface area is 218 Å². The molecule has 0 saturated carbocycles. The van der Waals surface area contributed by atoms with Crippen LogP contribution in [0.25, 0.3) is 10.9 Å². The molecule has 1 aliphatic heterocycles. The summed E-state index contributed by atoms with van der Waals surface area (Å²) in [6, 6.07) is 19.5. The molecule has 1 unspecified atom stereocenters. The molecule has 4 aromatic rings. The van der Waals surface area contributed by atoms with Crippen LogP contribution >= 0.6 is 15.9 Å². The van der Waals surface area contributed by atoms with Crippen LogP contribution in [0.5, 0.6) is 0 Å². The van der Waals surface area contributed by atoms with E-state index in [9.17, 15) is 13.2 Å².